The lowest BCUT2D eigenvalue weighted by Crippen LogP contribution is -2.13. The fourth-order valence-electron chi connectivity index (χ4n) is 2.06. The highest BCUT2D eigenvalue weighted by Crippen LogP contribution is 2.51. The Labute approximate surface area is 89.5 Å². The summed E-state index contributed by atoms with van der Waals surface area (Å²) in [5.41, 5.74) is 0.505. The van der Waals surface area contributed by atoms with Gasteiger partial charge in [-0.1, -0.05) is 13.3 Å². The van der Waals surface area contributed by atoms with Crippen molar-refractivity contribution in [1.82, 2.24) is 14.8 Å². The predicted molar refractivity (Wildman–Crippen MR) is 56.3 cm³/mol. The number of aryl methyl sites for hydroxylation is 1. The van der Waals surface area contributed by atoms with Gasteiger partial charge in [0.15, 0.2) is 0 Å². The van der Waals surface area contributed by atoms with Gasteiger partial charge in [0.05, 0.1) is 0 Å². The summed E-state index contributed by atoms with van der Waals surface area (Å²) < 4.78 is 2.03. The topological polar surface area (TPSA) is 30.7 Å². The molecule has 1 aromatic heterocycles. The zero-order valence-electron chi connectivity index (χ0n) is 8.76. The summed E-state index contributed by atoms with van der Waals surface area (Å²) in [6.07, 6.45) is 5.20. The van der Waals surface area contributed by atoms with Crippen LogP contribution >= 0.6 is 11.6 Å². The van der Waals surface area contributed by atoms with E-state index < -0.39 is 0 Å². The third-order valence-electron chi connectivity index (χ3n) is 3.12. The second kappa shape index (κ2) is 3.54. The second-order valence-electron chi connectivity index (χ2n) is 4.35. The van der Waals surface area contributed by atoms with Crippen LogP contribution in [0.15, 0.2) is 0 Å². The highest BCUT2D eigenvalue weighted by molar-refractivity contribution is 6.28. The standard InChI is InChI=1S/C10H16ClN3/c1-3-4-10(5-6-10)7-14-8(2)12-13-9(14)11/h3-7H2,1-2H3. The normalized spacial score (nSPS) is 18.5. The van der Waals surface area contributed by atoms with Gasteiger partial charge in [-0.2, -0.15) is 0 Å². The molecule has 0 atom stereocenters. The van der Waals surface area contributed by atoms with Gasteiger partial charge in [-0.25, -0.2) is 0 Å². The van der Waals surface area contributed by atoms with Crippen molar-refractivity contribution in [2.45, 2.75) is 46.1 Å². The lowest BCUT2D eigenvalue weighted by atomic mass is 10.0. The van der Waals surface area contributed by atoms with E-state index in [1.807, 2.05) is 11.5 Å². The molecule has 0 aromatic carbocycles. The van der Waals surface area contributed by atoms with Gasteiger partial charge in [0.25, 0.3) is 0 Å². The molecule has 0 aliphatic heterocycles. The fraction of sp³-hybridized carbons (Fsp3) is 0.800. The van der Waals surface area contributed by atoms with E-state index in [1.54, 1.807) is 0 Å². The Bertz CT molecular complexity index is 309. The van der Waals surface area contributed by atoms with Crippen LogP contribution in [-0.4, -0.2) is 14.8 Å². The Morgan fingerprint density at radius 2 is 2.14 bits per heavy atom. The number of rotatable bonds is 4. The number of aromatic nitrogens is 3. The minimum atomic E-state index is 0.505. The SMILES string of the molecule is CCCC1(Cn2c(C)nnc2Cl)CC1. The molecule has 2 rings (SSSR count). The van der Waals surface area contributed by atoms with E-state index in [1.165, 1.54) is 25.7 Å². The number of halogens is 1. The van der Waals surface area contributed by atoms with Crippen LogP contribution in [0.5, 0.6) is 0 Å². The second-order valence-corrected chi connectivity index (χ2v) is 4.69. The van der Waals surface area contributed by atoms with Crippen LogP contribution in [0.25, 0.3) is 0 Å². The molecule has 3 nitrogen and oxygen atoms in total. The van der Waals surface area contributed by atoms with E-state index in [4.69, 9.17) is 11.6 Å². The molecule has 4 heteroatoms. The van der Waals surface area contributed by atoms with Crippen molar-refractivity contribution < 1.29 is 0 Å². The highest BCUT2D eigenvalue weighted by Gasteiger charge is 2.42. The fourth-order valence-corrected chi connectivity index (χ4v) is 2.28. The van der Waals surface area contributed by atoms with Gasteiger partial charge in [0.2, 0.25) is 5.28 Å². The number of hydrogen-bond donors (Lipinski definition) is 0. The van der Waals surface area contributed by atoms with Crippen molar-refractivity contribution in [2.24, 2.45) is 5.41 Å². The molecule has 1 heterocycles. The van der Waals surface area contributed by atoms with Crippen molar-refractivity contribution in [1.29, 1.82) is 0 Å². The third-order valence-corrected chi connectivity index (χ3v) is 3.40. The summed E-state index contributed by atoms with van der Waals surface area (Å²) in [6, 6.07) is 0. The summed E-state index contributed by atoms with van der Waals surface area (Å²) in [5.74, 6) is 0.928. The molecule has 0 spiro atoms. The van der Waals surface area contributed by atoms with Crippen molar-refractivity contribution >= 4 is 11.6 Å². The monoisotopic (exact) mass is 213 g/mol. The van der Waals surface area contributed by atoms with Gasteiger partial charge < -0.3 is 4.57 Å². The van der Waals surface area contributed by atoms with Crippen molar-refractivity contribution in [3.63, 3.8) is 0 Å². The maximum atomic E-state index is 5.97. The van der Waals surface area contributed by atoms with E-state index >= 15 is 0 Å². The number of hydrogen-bond acceptors (Lipinski definition) is 2. The molecule has 78 valence electrons. The first-order valence-corrected chi connectivity index (χ1v) is 5.60. The smallest absolute Gasteiger partial charge is 0.225 e. The first-order valence-electron chi connectivity index (χ1n) is 5.22. The Hall–Kier alpha value is -0.570. The average Bonchev–Trinajstić information content (AvgIpc) is 2.84. The van der Waals surface area contributed by atoms with Crippen LogP contribution in [0.3, 0.4) is 0 Å². The van der Waals surface area contributed by atoms with Gasteiger partial charge in [-0.05, 0) is 43.2 Å². The van der Waals surface area contributed by atoms with Gasteiger partial charge >= 0.3 is 0 Å². The minimum Gasteiger partial charge on any atom is -0.301 e. The molecule has 1 saturated carbocycles. The quantitative estimate of drug-likeness (QED) is 0.770. The Kier molecular flexibility index (Phi) is 2.52. The maximum Gasteiger partial charge on any atom is 0.225 e. The first kappa shape index (κ1) is 9.97. The van der Waals surface area contributed by atoms with Crippen LogP contribution in [0, 0.1) is 12.3 Å². The largest absolute Gasteiger partial charge is 0.301 e. The summed E-state index contributed by atoms with van der Waals surface area (Å²) in [4.78, 5) is 0. The van der Waals surface area contributed by atoms with Gasteiger partial charge in [0, 0.05) is 6.54 Å². The van der Waals surface area contributed by atoms with Crippen LogP contribution in [0.4, 0.5) is 0 Å². The Balaban J connectivity index is 2.10. The van der Waals surface area contributed by atoms with Crippen LogP contribution in [0.2, 0.25) is 5.28 Å². The van der Waals surface area contributed by atoms with E-state index in [0.29, 0.717) is 10.7 Å². The molecule has 14 heavy (non-hydrogen) atoms. The Morgan fingerprint density at radius 1 is 1.43 bits per heavy atom. The van der Waals surface area contributed by atoms with Gasteiger partial charge in [-0.3, -0.25) is 0 Å². The first-order chi connectivity index (χ1) is 6.67. The molecule has 1 aromatic rings. The van der Waals surface area contributed by atoms with Gasteiger partial charge in [0.1, 0.15) is 5.82 Å². The molecule has 0 unspecified atom stereocenters. The molecule has 1 aliphatic rings. The lowest BCUT2D eigenvalue weighted by molar-refractivity contribution is 0.384. The summed E-state index contributed by atoms with van der Waals surface area (Å²) in [5, 5.41) is 8.37. The van der Waals surface area contributed by atoms with Crippen LogP contribution in [0.1, 0.15) is 38.4 Å². The summed E-state index contributed by atoms with van der Waals surface area (Å²) in [7, 11) is 0. The van der Waals surface area contributed by atoms with Crippen LogP contribution in [-0.2, 0) is 6.54 Å². The zero-order chi connectivity index (χ0) is 10.2. The predicted octanol–water partition coefficient (Wildman–Crippen LogP) is 2.82. The lowest BCUT2D eigenvalue weighted by Gasteiger charge is -2.15. The molecule has 0 bridgehead atoms. The minimum absolute atomic E-state index is 0.505. The maximum absolute atomic E-state index is 5.97. The molecule has 1 aliphatic carbocycles. The average molecular weight is 214 g/mol. The number of nitrogens with zero attached hydrogens (tertiary/aromatic N) is 3. The van der Waals surface area contributed by atoms with Crippen LogP contribution < -0.4 is 0 Å². The van der Waals surface area contributed by atoms with Crippen molar-refractivity contribution in [3.8, 4) is 0 Å². The molecule has 0 N–H and O–H groups in total. The third kappa shape index (κ3) is 1.78. The molecule has 0 radical (unpaired) electrons. The summed E-state index contributed by atoms with van der Waals surface area (Å²) in [6.45, 7) is 5.19. The molecular formula is C10H16ClN3. The van der Waals surface area contributed by atoms with Gasteiger partial charge in [-0.15, -0.1) is 10.2 Å². The van der Waals surface area contributed by atoms with Crippen molar-refractivity contribution in [2.75, 3.05) is 0 Å². The van der Waals surface area contributed by atoms with E-state index in [9.17, 15) is 0 Å². The molecule has 1 fully saturated rings. The molecule has 0 saturated heterocycles. The van der Waals surface area contributed by atoms with E-state index in [2.05, 4.69) is 17.1 Å². The Morgan fingerprint density at radius 3 is 2.57 bits per heavy atom. The van der Waals surface area contributed by atoms with E-state index in [-0.39, 0.29) is 0 Å². The highest BCUT2D eigenvalue weighted by atomic mass is 35.5. The van der Waals surface area contributed by atoms with Crippen molar-refractivity contribution in [3.05, 3.63) is 11.1 Å². The zero-order valence-corrected chi connectivity index (χ0v) is 9.51. The molecular weight excluding hydrogens is 198 g/mol. The summed E-state index contributed by atoms with van der Waals surface area (Å²) >= 11 is 5.97. The van der Waals surface area contributed by atoms with E-state index in [0.717, 1.165) is 12.4 Å². The molecule has 0 amide bonds.